The van der Waals surface area contributed by atoms with E-state index < -0.39 is 12.0 Å². The number of aromatic nitrogens is 1. The van der Waals surface area contributed by atoms with Crippen molar-refractivity contribution in [3.63, 3.8) is 0 Å². The molecule has 0 bridgehead atoms. The molecule has 3 aromatic carbocycles. The van der Waals surface area contributed by atoms with Crippen molar-refractivity contribution in [3.8, 4) is 16.9 Å². The molecule has 1 unspecified atom stereocenters. The van der Waals surface area contributed by atoms with Crippen molar-refractivity contribution in [1.29, 1.82) is 0 Å². The summed E-state index contributed by atoms with van der Waals surface area (Å²) in [6.07, 6.45) is 1.53. The fourth-order valence-corrected chi connectivity index (χ4v) is 5.55. The topological polar surface area (TPSA) is 68.6 Å². The van der Waals surface area contributed by atoms with Crippen molar-refractivity contribution >= 4 is 49.8 Å². The lowest BCUT2D eigenvalue weighted by Crippen LogP contribution is -2.38. The molecule has 0 saturated carbocycles. The van der Waals surface area contributed by atoms with E-state index in [4.69, 9.17) is 11.6 Å². The van der Waals surface area contributed by atoms with Crippen LogP contribution < -0.4 is 10.2 Å². The van der Waals surface area contributed by atoms with Crippen LogP contribution in [0.1, 0.15) is 6.42 Å². The number of aliphatic hydroxyl groups is 1. The molecule has 3 N–H and O–H groups in total. The van der Waals surface area contributed by atoms with E-state index in [1.54, 1.807) is 12.1 Å². The second kappa shape index (κ2) is 8.33. The number of rotatable bonds is 5. The molecule has 1 saturated heterocycles. The number of nitrogens with zero attached hydrogens (tertiary/aromatic N) is 2. The van der Waals surface area contributed by atoms with Gasteiger partial charge in [0, 0.05) is 30.1 Å². The van der Waals surface area contributed by atoms with Crippen molar-refractivity contribution in [2.75, 3.05) is 18.0 Å². The lowest BCUT2D eigenvalue weighted by molar-refractivity contribution is 0.171. The van der Waals surface area contributed by atoms with Crippen LogP contribution in [0.5, 0.6) is 5.75 Å². The van der Waals surface area contributed by atoms with Crippen LogP contribution in [0.25, 0.3) is 32.8 Å². The van der Waals surface area contributed by atoms with Gasteiger partial charge in [0.25, 0.3) is 0 Å². The number of anilines is 1. The van der Waals surface area contributed by atoms with Gasteiger partial charge < -0.3 is 15.1 Å². The van der Waals surface area contributed by atoms with Gasteiger partial charge in [0.15, 0.2) is 5.82 Å². The molecule has 2 atom stereocenters. The highest BCUT2D eigenvalue weighted by atomic mass is 35.5. The fraction of sp³-hybridized carbons (Fsp3) is 0.208. The first kappa shape index (κ1) is 21.2. The Balaban J connectivity index is 1.58. The van der Waals surface area contributed by atoms with Gasteiger partial charge in [0.1, 0.15) is 22.5 Å². The van der Waals surface area contributed by atoms with Crippen molar-refractivity contribution in [1.82, 2.24) is 9.69 Å². The van der Waals surface area contributed by atoms with Crippen LogP contribution in [0.2, 0.25) is 5.02 Å². The molecule has 4 aromatic rings. The van der Waals surface area contributed by atoms with Crippen LogP contribution in [0.4, 0.5) is 9.39 Å². The number of hydrogen-bond acceptors (Lipinski definition) is 6. The SMILES string of the molecule is C=CC(O)N[C@@H]1CCN(c2snc3c(F)c(-c4cc(O)cc5ccccc45)c(Cl)cc23)C1. The summed E-state index contributed by atoms with van der Waals surface area (Å²) >= 11 is 7.87. The Labute approximate surface area is 193 Å². The summed E-state index contributed by atoms with van der Waals surface area (Å²) in [5, 5.41) is 26.5. The summed E-state index contributed by atoms with van der Waals surface area (Å²) in [7, 11) is 0. The van der Waals surface area contributed by atoms with Gasteiger partial charge in [-0.15, -0.1) is 0 Å². The van der Waals surface area contributed by atoms with Crippen molar-refractivity contribution in [2.45, 2.75) is 18.7 Å². The molecule has 1 fully saturated rings. The first-order chi connectivity index (χ1) is 15.5. The van der Waals surface area contributed by atoms with E-state index >= 15 is 4.39 Å². The van der Waals surface area contributed by atoms with Crippen LogP contribution in [0.15, 0.2) is 55.1 Å². The molecular formula is C24H21ClFN3O2S. The lowest BCUT2D eigenvalue weighted by atomic mass is 9.96. The Morgan fingerprint density at radius 2 is 2.09 bits per heavy atom. The third kappa shape index (κ3) is 3.61. The number of hydrogen-bond donors (Lipinski definition) is 3. The van der Waals surface area contributed by atoms with Crippen molar-refractivity contribution < 1.29 is 14.6 Å². The maximum Gasteiger partial charge on any atom is 0.159 e. The minimum absolute atomic E-state index is 0.0468. The largest absolute Gasteiger partial charge is 0.508 e. The third-order valence-electron chi connectivity index (χ3n) is 5.87. The predicted octanol–water partition coefficient (Wildman–Crippen LogP) is 5.29. The molecule has 1 aliphatic heterocycles. The second-order valence-corrected chi connectivity index (χ2v) is 9.08. The zero-order chi connectivity index (χ0) is 22.4. The standard InChI is InChI=1S/C24H21ClFN3O2S/c1-2-20(31)27-14-7-8-29(12-14)24-18-11-19(25)21(22(26)23(18)28-32-24)17-10-15(30)9-13-5-3-4-6-16(13)17/h2-6,9-11,14,20,27,30-31H,1,7-8,12H2/t14-,20?/m1/s1. The molecular weight excluding hydrogens is 449 g/mol. The Morgan fingerprint density at radius 3 is 2.91 bits per heavy atom. The zero-order valence-corrected chi connectivity index (χ0v) is 18.6. The van der Waals surface area contributed by atoms with Gasteiger partial charge in [-0.2, -0.15) is 4.37 Å². The van der Waals surface area contributed by atoms with E-state index in [0.29, 0.717) is 17.5 Å². The van der Waals surface area contributed by atoms with Crippen LogP contribution in [-0.2, 0) is 0 Å². The minimum Gasteiger partial charge on any atom is -0.508 e. The number of phenols is 1. The van der Waals surface area contributed by atoms with Crippen LogP contribution in [-0.4, -0.2) is 39.9 Å². The number of benzene rings is 3. The summed E-state index contributed by atoms with van der Waals surface area (Å²) in [6, 6.07) is 12.5. The van der Waals surface area contributed by atoms with E-state index in [-0.39, 0.29) is 27.9 Å². The minimum atomic E-state index is -0.760. The number of nitrogens with one attached hydrogen (secondary N) is 1. The zero-order valence-electron chi connectivity index (χ0n) is 17.1. The maximum atomic E-state index is 15.8. The summed E-state index contributed by atoms with van der Waals surface area (Å²) in [6.45, 7) is 5.01. The summed E-state index contributed by atoms with van der Waals surface area (Å²) in [5.74, 6) is -0.452. The van der Waals surface area contributed by atoms with Gasteiger partial charge in [-0.1, -0.05) is 42.4 Å². The number of phenolic OH excluding ortho intramolecular Hbond substituents is 1. The fourth-order valence-electron chi connectivity index (χ4n) is 4.37. The second-order valence-electron chi connectivity index (χ2n) is 7.92. The Bertz CT molecular complexity index is 1340. The van der Waals surface area contributed by atoms with Gasteiger partial charge in [0.2, 0.25) is 0 Å². The number of aliphatic hydroxyl groups excluding tert-OH is 1. The Morgan fingerprint density at radius 1 is 1.28 bits per heavy atom. The molecule has 0 radical (unpaired) electrons. The molecule has 2 heterocycles. The van der Waals surface area contributed by atoms with Gasteiger partial charge in [-0.3, -0.25) is 5.32 Å². The molecule has 164 valence electrons. The van der Waals surface area contributed by atoms with Gasteiger partial charge in [0.05, 0.1) is 5.02 Å². The average molecular weight is 470 g/mol. The van der Waals surface area contributed by atoms with E-state index in [9.17, 15) is 10.2 Å². The number of halogens is 2. The molecule has 32 heavy (non-hydrogen) atoms. The van der Waals surface area contributed by atoms with E-state index in [1.165, 1.54) is 23.7 Å². The molecule has 0 spiro atoms. The van der Waals surface area contributed by atoms with Gasteiger partial charge in [-0.25, -0.2) is 4.39 Å². The molecule has 1 aromatic heterocycles. The third-order valence-corrected chi connectivity index (χ3v) is 7.09. The van der Waals surface area contributed by atoms with Crippen LogP contribution in [0, 0.1) is 5.82 Å². The highest BCUT2D eigenvalue weighted by Gasteiger charge is 2.28. The van der Waals surface area contributed by atoms with E-state index in [2.05, 4.69) is 21.2 Å². The Kier molecular flexibility index (Phi) is 5.51. The first-order valence-corrected chi connectivity index (χ1v) is 11.4. The smallest absolute Gasteiger partial charge is 0.159 e. The Hall–Kier alpha value is -2.71. The molecule has 1 aliphatic rings. The van der Waals surface area contributed by atoms with Gasteiger partial charge >= 0.3 is 0 Å². The highest BCUT2D eigenvalue weighted by Crippen LogP contribution is 2.44. The van der Waals surface area contributed by atoms with E-state index in [0.717, 1.165) is 28.7 Å². The average Bonchev–Trinajstić information content (AvgIpc) is 3.40. The molecule has 8 heteroatoms. The molecule has 0 aliphatic carbocycles. The predicted molar refractivity (Wildman–Crippen MR) is 129 cm³/mol. The molecule has 5 nitrogen and oxygen atoms in total. The number of aromatic hydroxyl groups is 1. The van der Waals surface area contributed by atoms with Crippen LogP contribution in [0.3, 0.4) is 0 Å². The summed E-state index contributed by atoms with van der Waals surface area (Å²) < 4.78 is 20.2. The molecule has 0 amide bonds. The quantitative estimate of drug-likeness (QED) is 0.274. The normalized spacial score (nSPS) is 17.3. The van der Waals surface area contributed by atoms with E-state index in [1.807, 2.05) is 24.3 Å². The molecule has 5 rings (SSSR count). The maximum absolute atomic E-state index is 15.8. The van der Waals surface area contributed by atoms with Gasteiger partial charge in [-0.05, 0) is 58.6 Å². The highest BCUT2D eigenvalue weighted by molar-refractivity contribution is 7.11. The van der Waals surface area contributed by atoms with Crippen molar-refractivity contribution in [2.24, 2.45) is 0 Å². The first-order valence-electron chi connectivity index (χ1n) is 10.3. The summed E-state index contributed by atoms with van der Waals surface area (Å²) in [5.41, 5.74) is 1.03. The summed E-state index contributed by atoms with van der Waals surface area (Å²) in [4.78, 5) is 2.13. The van der Waals surface area contributed by atoms with Crippen LogP contribution >= 0.6 is 23.1 Å². The van der Waals surface area contributed by atoms with Crippen molar-refractivity contribution in [3.05, 3.63) is 66.0 Å². The lowest BCUT2D eigenvalue weighted by Gasteiger charge is -2.19. The number of fused-ring (bicyclic) bond motifs is 2. The monoisotopic (exact) mass is 469 g/mol.